The second-order valence-electron chi connectivity index (χ2n) is 4.24. The van der Waals surface area contributed by atoms with Crippen molar-refractivity contribution in [3.63, 3.8) is 0 Å². The molecule has 0 saturated heterocycles. The van der Waals surface area contributed by atoms with Crippen molar-refractivity contribution in [2.45, 2.75) is 38.6 Å². The molecule has 0 spiro atoms. The predicted molar refractivity (Wildman–Crippen MR) is 58.0 cm³/mol. The van der Waals surface area contributed by atoms with E-state index in [1.807, 2.05) is 6.92 Å². The highest BCUT2D eigenvalue weighted by Gasteiger charge is 2.25. The van der Waals surface area contributed by atoms with E-state index in [1.165, 1.54) is 12.8 Å². The fraction of sp³-hybridized carbons (Fsp3) is 0.818. The molecule has 5 heteroatoms. The third kappa shape index (κ3) is 5.70. The maximum Gasteiger partial charge on any atom is 0.329 e. The maximum atomic E-state index is 11.4. The zero-order valence-corrected chi connectivity index (χ0v) is 9.57. The van der Waals surface area contributed by atoms with Gasteiger partial charge in [-0.1, -0.05) is 19.8 Å². The Kier molecular flexibility index (Phi) is 5.25. The number of carbonyl (C=O) groups is 2. The number of rotatable bonds is 8. The fourth-order valence-corrected chi connectivity index (χ4v) is 1.58. The highest BCUT2D eigenvalue weighted by Crippen LogP contribution is 2.33. The van der Waals surface area contributed by atoms with E-state index in [0.717, 1.165) is 18.8 Å². The maximum absolute atomic E-state index is 11.4. The number of hydrogen-bond acceptors (Lipinski definition) is 3. The molecule has 0 radical (unpaired) electrons. The van der Waals surface area contributed by atoms with Gasteiger partial charge in [0.2, 0.25) is 5.91 Å². The van der Waals surface area contributed by atoms with Gasteiger partial charge in [-0.25, -0.2) is 4.79 Å². The van der Waals surface area contributed by atoms with Crippen molar-refractivity contribution < 1.29 is 19.4 Å². The van der Waals surface area contributed by atoms with E-state index in [2.05, 4.69) is 5.32 Å². The van der Waals surface area contributed by atoms with Gasteiger partial charge in [0.1, 0.15) is 13.2 Å². The first kappa shape index (κ1) is 13.0. The van der Waals surface area contributed by atoms with Crippen LogP contribution >= 0.6 is 0 Å². The minimum absolute atomic E-state index is 0.173. The van der Waals surface area contributed by atoms with Gasteiger partial charge in [-0.15, -0.1) is 0 Å². The molecule has 0 aromatic rings. The lowest BCUT2D eigenvalue weighted by atomic mass is 10.1. The molecule has 5 nitrogen and oxygen atoms in total. The van der Waals surface area contributed by atoms with Crippen LogP contribution < -0.4 is 5.32 Å². The van der Waals surface area contributed by atoms with Crippen LogP contribution in [0.5, 0.6) is 0 Å². The first-order valence-electron chi connectivity index (χ1n) is 5.70. The average Bonchev–Trinajstić information content (AvgIpc) is 3.00. The van der Waals surface area contributed by atoms with E-state index in [4.69, 9.17) is 9.84 Å². The number of ether oxygens (including phenoxy) is 1. The quantitative estimate of drug-likeness (QED) is 0.645. The highest BCUT2D eigenvalue weighted by atomic mass is 16.5. The number of aliphatic carboxylic acids is 1. The number of carbonyl (C=O) groups excluding carboxylic acids is 1. The molecule has 16 heavy (non-hydrogen) atoms. The molecule has 0 aromatic heterocycles. The van der Waals surface area contributed by atoms with Gasteiger partial charge in [0.15, 0.2) is 0 Å². The zero-order chi connectivity index (χ0) is 12.0. The van der Waals surface area contributed by atoms with E-state index in [-0.39, 0.29) is 18.6 Å². The van der Waals surface area contributed by atoms with Crippen molar-refractivity contribution in [3.8, 4) is 0 Å². The molecule has 0 bridgehead atoms. The van der Waals surface area contributed by atoms with Crippen molar-refractivity contribution in [2.24, 2.45) is 5.92 Å². The number of amides is 1. The average molecular weight is 229 g/mol. The largest absolute Gasteiger partial charge is 0.480 e. The lowest BCUT2D eigenvalue weighted by Crippen LogP contribution is -2.37. The normalized spacial score (nSPS) is 16.8. The summed E-state index contributed by atoms with van der Waals surface area (Å²) in [5.74, 6) is -0.517. The smallest absolute Gasteiger partial charge is 0.329 e. The van der Waals surface area contributed by atoms with Crippen LogP contribution in [0.4, 0.5) is 0 Å². The van der Waals surface area contributed by atoms with Crippen molar-refractivity contribution >= 4 is 11.9 Å². The number of nitrogens with one attached hydrogen (secondary N) is 1. The molecular weight excluding hydrogens is 210 g/mol. The van der Waals surface area contributed by atoms with Gasteiger partial charge < -0.3 is 15.2 Å². The number of carboxylic acids is 1. The summed E-state index contributed by atoms with van der Waals surface area (Å²) in [7, 11) is 0. The van der Waals surface area contributed by atoms with Gasteiger partial charge in [-0.3, -0.25) is 4.79 Å². The zero-order valence-electron chi connectivity index (χ0n) is 9.57. The third-order valence-corrected chi connectivity index (χ3v) is 2.63. The van der Waals surface area contributed by atoms with Crippen LogP contribution in [0.2, 0.25) is 0 Å². The molecule has 1 aliphatic rings. The van der Waals surface area contributed by atoms with E-state index >= 15 is 0 Å². The minimum Gasteiger partial charge on any atom is -0.480 e. The lowest BCUT2D eigenvalue weighted by molar-refractivity contribution is -0.143. The molecular formula is C11H19NO4. The van der Waals surface area contributed by atoms with Crippen molar-refractivity contribution in [1.82, 2.24) is 5.32 Å². The molecule has 0 aromatic carbocycles. The summed E-state index contributed by atoms with van der Waals surface area (Å²) in [6.45, 7) is 1.44. The molecule has 1 unspecified atom stereocenters. The van der Waals surface area contributed by atoms with Gasteiger partial charge in [0.25, 0.3) is 0 Å². The van der Waals surface area contributed by atoms with Crippen LogP contribution in [0.1, 0.15) is 32.6 Å². The van der Waals surface area contributed by atoms with E-state index < -0.39 is 12.6 Å². The summed E-state index contributed by atoms with van der Waals surface area (Å²) < 4.78 is 4.71. The fourth-order valence-electron chi connectivity index (χ4n) is 1.58. The molecule has 1 aliphatic carbocycles. The van der Waals surface area contributed by atoms with Crippen molar-refractivity contribution in [3.05, 3.63) is 0 Å². The Labute approximate surface area is 95.2 Å². The van der Waals surface area contributed by atoms with Crippen molar-refractivity contribution in [2.75, 3.05) is 13.2 Å². The standard InChI is InChI=1S/C11H19NO4/c1-2-9(5-8-3-4-8)12-10(13)6-16-7-11(14)15/h8-9H,2-7H2,1H3,(H,12,13)(H,14,15). The van der Waals surface area contributed by atoms with Crippen LogP contribution in [-0.4, -0.2) is 36.2 Å². The van der Waals surface area contributed by atoms with Gasteiger partial charge >= 0.3 is 5.97 Å². The summed E-state index contributed by atoms with van der Waals surface area (Å²) in [5, 5.41) is 11.2. The SMILES string of the molecule is CCC(CC1CC1)NC(=O)COCC(=O)O. The second kappa shape index (κ2) is 6.48. The van der Waals surface area contributed by atoms with Gasteiger partial charge in [-0.05, 0) is 18.8 Å². The molecule has 1 atom stereocenters. The Morgan fingerprint density at radius 2 is 2.12 bits per heavy atom. The molecule has 1 saturated carbocycles. The Bertz CT molecular complexity index is 250. The van der Waals surface area contributed by atoms with Crippen LogP contribution in [0.25, 0.3) is 0 Å². The Hall–Kier alpha value is -1.10. The van der Waals surface area contributed by atoms with Gasteiger partial charge in [-0.2, -0.15) is 0 Å². The Morgan fingerprint density at radius 1 is 1.44 bits per heavy atom. The van der Waals surface area contributed by atoms with Crippen LogP contribution in [0, 0.1) is 5.92 Å². The van der Waals surface area contributed by atoms with Crippen LogP contribution in [0.15, 0.2) is 0 Å². The number of carboxylic acid groups (broad SMARTS) is 1. The lowest BCUT2D eigenvalue weighted by Gasteiger charge is -2.16. The van der Waals surface area contributed by atoms with E-state index in [0.29, 0.717) is 0 Å². The molecule has 1 rings (SSSR count). The molecule has 92 valence electrons. The Balaban J connectivity index is 2.12. The van der Waals surface area contributed by atoms with Crippen LogP contribution in [0.3, 0.4) is 0 Å². The molecule has 0 heterocycles. The second-order valence-corrected chi connectivity index (χ2v) is 4.24. The summed E-state index contributed by atoms with van der Waals surface area (Å²) in [6.07, 6.45) is 4.46. The topological polar surface area (TPSA) is 75.6 Å². The van der Waals surface area contributed by atoms with Gasteiger partial charge in [0.05, 0.1) is 0 Å². The summed E-state index contributed by atoms with van der Waals surface area (Å²) in [5.41, 5.74) is 0. The molecule has 1 fully saturated rings. The predicted octanol–water partition coefficient (Wildman–Crippen LogP) is 0.782. The van der Waals surface area contributed by atoms with Crippen molar-refractivity contribution in [1.29, 1.82) is 0 Å². The Morgan fingerprint density at radius 3 is 2.62 bits per heavy atom. The molecule has 2 N–H and O–H groups in total. The minimum atomic E-state index is -1.06. The first-order chi connectivity index (χ1) is 7.61. The monoisotopic (exact) mass is 229 g/mol. The van der Waals surface area contributed by atoms with Crippen LogP contribution in [-0.2, 0) is 14.3 Å². The molecule has 0 aliphatic heterocycles. The third-order valence-electron chi connectivity index (χ3n) is 2.63. The summed E-state index contributed by atoms with van der Waals surface area (Å²) in [6, 6.07) is 0.202. The summed E-state index contributed by atoms with van der Waals surface area (Å²) >= 11 is 0. The highest BCUT2D eigenvalue weighted by molar-refractivity contribution is 5.78. The van der Waals surface area contributed by atoms with E-state index in [1.54, 1.807) is 0 Å². The van der Waals surface area contributed by atoms with E-state index in [9.17, 15) is 9.59 Å². The summed E-state index contributed by atoms with van der Waals surface area (Å²) in [4.78, 5) is 21.5. The number of hydrogen-bond donors (Lipinski definition) is 2. The van der Waals surface area contributed by atoms with Gasteiger partial charge in [0, 0.05) is 6.04 Å². The molecule has 1 amide bonds. The first-order valence-corrected chi connectivity index (χ1v) is 5.70.